The summed E-state index contributed by atoms with van der Waals surface area (Å²) < 4.78 is 7.38. The van der Waals surface area contributed by atoms with Crippen LogP contribution in [0.25, 0.3) is 5.65 Å². The minimum atomic E-state index is -0.112. The average molecular weight is 381 g/mol. The second kappa shape index (κ2) is 7.71. The van der Waals surface area contributed by atoms with Crippen molar-refractivity contribution >= 4 is 23.3 Å². The molecule has 9 nitrogen and oxygen atoms in total. The quantitative estimate of drug-likeness (QED) is 0.745. The van der Waals surface area contributed by atoms with Crippen molar-refractivity contribution in [2.45, 2.75) is 13.8 Å². The molecule has 2 amide bonds. The normalized spacial score (nSPS) is 14.4. The molecule has 0 bridgehead atoms. The minimum Gasteiger partial charge on any atom is -0.478 e. The summed E-state index contributed by atoms with van der Waals surface area (Å²) in [4.78, 5) is 29.7. The maximum Gasteiger partial charge on any atom is 0.322 e. The van der Waals surface area contributed by atoms with E-state index in [-0.39, 0.29) is 6.03 Å². The van der Waals surface area contributed by atoms with Crippen molar-refractivity contribution in [3.63, 3.8) is 0 Å². The van der Waals surface area contributed by atoms with Crippen LogP contribution in [-0.4, -0.2) is 63.1 Å². The number of amides is 2. The second-order valence-corrected chi connectivity index (χ2v) is 6.60. The van der Waals surface area contributed by atoms with E-state index in [1.54, 1.807) is 11.1 Å². The topological polar surface area (TPSA) is 87.9 Å². The van der Waals surface area contributed by atoms with E-state index in [1.807, 2.05) is 48.8 Å². The van der Waals surface area contributed by atoms with Crippen LogP contribution in [0.4, 0.5) is 16.4 Å². The van der Waals surface area contributed by atoms with Gasteiger partial charge in [0.05, 0.1) is 12.3 Å². The molecular formula is C19H23N7O2. The summed E-state index contributed by atoms with van der Waals surface area (Å²) in [5.74, 6) is 1.23. The Morgan fingerprint density at radius 2 is 2.04 bits per heavy atom. The first-order chi connectivity index (χ1) is 13.6. The number of fused-ring (bicyclic) bond motifs is 1. The molecule has 0 saturated carbocycles. The Labute approximate surface area is 163 Å². The summed E-state index contributed by atoms with van der Waals surface area (Å²) in [6.07, 6.45) is 5.43. The monoisotopic (exact) mass is 381 g/mol. The SMILES string of the molecule is CCOc1cc(C)nc(N2CCN(C(=O)Nc3ccc4nccn4c3)CC2)n1. The molecule has 0 unspecified atom stereocenters. The fourth-order valence-electron chi connectivity index (χ4n) is 3.19. The van der Waals surface area contributed by atoms with E-state index in [2.05, 4.69) is 25.2 Å². The lowest BCUT2D eigenvalue weighted by Crippen LogP contribution is -2.50. The summed E-state index contributed by atoms with van der Waals surface area (Å²) in [6.45, 7) is 6.95. The van der Waals surface area contributed by atoms with Gasteiger partial charge in [-0.25, -0.2) is 14.8 Å². The van der Waals surface area contributed by atoms with E-state index in [0.717, 1.165) is 17.0 Å². The lowest BCUT2D eigenvalue weighted by molar-refractivity contribution is 0.208. The van der Waals surface area contributed by atoms with Gasteiger partial charge in [0, 0.05) is 56.5 Å². The smallest absolute Gasteiger partial charge is 0.322 e. The van der Waals surface area contributed by atoms with Gasteiger partial charge in [0.25, 0.3) is 0 Å². The fraction of sp³-hybridized carbons (Fsp3) is 0.368. The van der Waals surface area contributed by atoms with Gasteiger partial charge in [0.2, 0.25) is 11.8 Å². The Kier molecular flexibility index (Phi) is 4.96. The highest BCUT2D eigenvalue weighted by molar-refractivity contribution is 5.89. The van der Waals surface area contributed by atoms with Crippen LogP contribution in [0.3, 0.4) is 0 Å². The summed E-state index contributed by atoms with van der Waals surface area (Å²) >= 11 is 0. The number of anilines is 2. The number of nitrogens with one attached hydrogen (secondary N) is 1. The van der Waals surface area contributed by atoms with Gasteiger partial charge in [-0.1, -0.05) is 0 Å². The number of urea groups is 1. The lowest BCUT2D eigenvalue weighted by Gasteiger charge is -2.34. The van der Waals surface area contributed by atoms with Crippen LogP contribution >= 0.6 is 0 Å². The molecule has 28 heavy (non-hydrogen) atoms. The number of carbonyl (C=O) groups excluding carboxylic acids is 1. The van der Waals surface area contributed by atoms with Gasteiger partial charge in [-0.15, -0.1) is 0 Å². The molecule has 1 saturated heterocycles. The van der Waals surface area contributed by atoms with Gasteiger partial charge < -0.3 is 24.3 Å². The van der Waals surface area contributed by atoms with Crippen LogP contribution in [0, 0.1) is 6.92 Å². The number of aryl methyl sites for hydroxylation is 1. The first kappa shape index (κ1) is 18.0. The Morgan fingerprint density at radius 3 is 2.82 bits per heavy atom. The number of pyridine rings is 1. The standard InChI is InChI=1S/C19H23N7O2/c1-3-28-17-12-14(2)21-18(23-17)24-8-10-25(11-9-24)19(27)22-15-4-5-16-20-6-7-26(16)13-15/h4-7,12-13H,3,8-11H2,1-2H3,(H,22,27). The van der Waals surface area contributed by atoms with Gasteiger partial charge in [-0.2, -0.15) is 4.98 Å². The fourth-order valence-corrected chi connectivity index (χ4v) is 3.19. The van der Waals surface area contributed by atoms with Crippen LogP contribution in [0.2, 0.25) is 0 Å². The van der Waals surface area contributed by atoms with E-state index in [0.29, 0.717) is 44.6 Å². The third-order valence-electron chi connectivity index (χ3n) is 4.60. The average Bonchev–Trinajstić information content (AvgIpc) is 3.16. The molecule has 9 heteroatoms. The summed E-state index contributed by atoms with van der Waals surface area (Å²) in [6, 6.07) is 5.44. The zero-order valence-corrected chi connectivity index (χ0v) is 16.0. The molecule has 1 N–H and O–H groups in total. The highest BCUT2D eigenvalue weighted by Gasteiger charge is 2.23. The number of imidazole rings is 1. The molecule has 146 valence electrons. The molecule has 4 rings (SSSR count). The first-order valence-electron chi connectivity index (χ1n) is 9.34. The molecule has 3 aromatic rings. The van der Waals surface area contributed by atoms with Gasteiger partial charge in [0.1, 0.15) is 5.65 Å². The molecular weight excluding hydrogens is 358 g/mol. The first-order valence-corrected chi connectivity index (χ1v) is 9.34. The number of hydrogen-bond acceptors (Lipinski definition) is 6. The van der Waals surface area contributed by atoms with Crippen LogP contribution in [0.5, 0.6) is 5.88 Å². The van der Waals surface area contributed by atoms with Crippen molar-refractivity contribution in [1.29, 1.82) is 0 Å². The van der Waals surface area contributed by atoms with Crippen molar-refractivity contribution in [3.8, 4) is 5.88 Å². The molecule has 0 atom stereocenters. The number of piperazine rings is 1. The number of ether oxygens (including phenoxy) is 1. The highest BCUT2D eigenvalue weighted by Crippen LogP contribution is 2.18. The van der Waals surface area contributed by atoms with Crippen LogP contribution in [-0.2, 0) is 0 Å². The summed E-state index contributed by atoms with van der Waals surface area (Å²) in [5.41, 5.74) is 2.45. The Balaban J connectivity index is 1.37. The van der Waals surface area contributed by atoms with E-state index in [9.17, 15) is 4.79 Å². The zero-order chi connectivity index (χ0) is 19.5. The Morgan fingerprint density at radius 1 is 1.21 bits per heavy atom. The Hall–Kier alpha value is -3.36. The van der Waals surface area contributed by atoms with Gasteiger partial charge in [0.15, 0.2) is 0 Å². The lowest BCUT2D eigenvalue weighted by atomic mass is 10.3. The predicted molar refractivity (Wildman–Crippen MR) is 106 cm³/mol. The van der Waals surface area contributed by atoms with E-state index in [4.69, 9.17) is 4.74 Å². The molecule has 1 fully saturated rings. The number of rotatable bonds is 4. The molecule has 1 aliphatic rings. The van der Waals surface area contributed by atoms with Gasteiger partial charge in [-0.3, -0.25) is 0 Å². The van der Waals surface area contributed by atoms with Gasteiger partial charge in [-0.05, 0) is 26.0 Å². The largest absolute Gasteiger partial charge is 0.478 e. The molecule has 0 aromatic carbocycles. The van der Waals surface area contributed by atoms with Crippen molar-refractivity contribution in [2.24, 2.45) is 0 Å². The third-order valence-corrected chi connectivity index (χ3v) is 4.60. The zero-order valence-electron chi connectivity index (χ0n) is 16.0. The molecule has 1 aliphatic heterocycles. The predicted octanol–water partition coefficient (Wildman–Crippen LogP) is 2.19. The third kappa shape index (κ3) is 3.83. The number of nitrogens with zero attached hydrogens (tertiary/aromatic N) is 6. The molecule has 4 heterocycles. The maximum absolute atomic E-state index is 12.6. The molecule has 0 radical (unpaired) electrons. The van der Waals surface area contributed by atoms with E-state index in [1.165, 1.54) is 0 Å². The van der Waals surface area contributed by atoms with Crippen LogP contribution < -0.4 is 15.0 Å². The second-order valence-electron chi connectivity index (χ2n) is 6.60. The van der Waals surface area contributed by atoms with Crippen LogP contribution in [0.1, 0.15) is 12.6 Å². The van der Waals surface area contributed by atoms with Gasteiger partial charge >= 0.3 is 6.03 Å². The minimum absolute atomic E-state index is 0.112. The maximum atomic E-state index is 12.6. The van der Waals surface area contributed by atoms with E-state index >= 15 is 0 Å². The van der Waals surface area contributed by atoms with Crippen molar-refractivity contribution in [2.75, 3.05) is 43.0 Å². The number of carbonyl (C=O) groups is 1. The molecule has 0 spiro atoms. The highest BCUT2D eigenvalue weighted by atomic mass is 16.5. The van der Waals surface area contributed by atoms with Crippen molar-refractivity contribution in [3.05, 3.63) is 42.5 Å². The summed E-state index contributed by atoms with van der Waals surface area (Å²) in [5, 5.41) is 2.95. The number of hydrogen-bond donors (Lipinski definition) is 1. The van der Waals surface area contributed by atoms with Crippen molar-refractivity contribution in [1.82, 2.24) is 24.3 Å². The molecule has 0 aliphatic carbocycles. The van der Waals surface area contributed by atoms with Crippen molar-refractivity contribution < 1.29 is 9.53 Å². The van der Waals surface area contributed by atoms with Crippen LogP contribution in [0.15, 0.2) is 36.8 Å². The molecule has 3 aromatic heterocycles. The van der Waals surface area contributed by atoms with E-state index < -0.39 is 0 Å². The summed E-state index contributed by atoms with van der Waals surface area (Å²) in [7, 11) is 0. The number of aromatic nitrogens is 4. The Bertz CT molecular complexity index is 979.